The van der Waals surface area contributed by atoms with Gasteiger partial charge in [0.25, 0.3) is 5.56 Å². The predicted octanol–water partition coefficient (Wildman–Crippen LogP) is 3.15. The van der Waals surface area contributed by atoms with Gasteiger partial charge in [-0.1, -0.05) is 0 Å². The van der Waals surface area contributed by atoms with E-state index in [1.165, 1.54) is 15.8 Å². The lowest BCUT2D eigenvalue weighted by Gasteiger charge is -2.54. The maximum atomic E-state index is 15.2. The van der Waals surface area contributed by atoms with E-state index in [0.717, 1.165) is 32.7 Å². The molecule has 0 aliphatic carbocycles. The lowest BCUT2D eigenvalue weighted by molar-refractivity contribution is 0.177. The number of halogens is 4. The van der Waals surface area contributed by atoms with E-state index < -0.39 is 11.6 Å². The van der Waals surface area contributed by atoms with Crippen LogP contribution in [-0.4, -0.2) is 68.7 Å². The van der Waals surface area contributed by atoms with Crippen molar-refractivity contribution in [3.05, 3.63) is 33.6 Å². The molecule has 5 rings (SSSR count). The molecule has 2 aromatic rings. The molecular weight excluding hydrogens is 618 g/mol. The Bertz CT molecular complexity index is 1100. The summed E-state index contributed by atoms with van der Waals surface area (Å²) in [4.78, 5) is 20.2. The van der Waals surface area contributed by atoms with E-state index in [2.05, 4.69) is 54.6 Å². The zero-order valence-corrected chi connectivity index (χ0v) is 21.3. The first kappa shape index (κ1) is 21.1. The number of benzene rings is 1. The molecule has 162 valence electrons. The molecule has 2 unspecified atom stereocenters. The Morgan fingerprint density at radius 1 is 1.00 bits per heavy atom. The Balaban J connectivity index is 1.82. The van der Waals surface area contributed by atoms with Gasteiger partial charge < -0.3 is 14.7 Å². The first-order chi connectivity index (χ1) is 14.2. The molecule has 1 aromatic carbocycles. The Kier molecular flexibility index (Phi) is 5.22. The van der Waals surface area contributed by atoms with Gasteiger partial charge in [0.2, 0.25) is 0 Å². The number of likely N-dealkylation sites (N-methyl/N-ethyl adjacent to an activating group) is 1. The molecular formula is C20H23F2I2N5O. The minimum Gasteiger partial charge on any atom is -0.361 e. The third-order valence-electron chi connectivity index (χ3n) is 6.71. The van der Waals surface area contributed by atoms with Gasteiger partial charge in [-0.3, -0.25) is 4.79 Å². The number of fused-ring (bicyclic) bond motifs is 5. The molecule has 2 atom stereocenters. The number of piperazine rings is 1. The van der Waals surface area contributed by atoms with E-state index in [0.29, 0.717) is 16.8 Å². The van der Waals surface area contributed by atoms with Gasteiger partial charge in [-0.2, -0.15) is 0 Å². The molecule has 1 aromatic heterocycles. The van der Waals surface area contributed by atoms with Crippen LogP contribution in [0.5, 0.6) is 0 Å². The molecule has 0 bridgehead atoms. The van der Waals surface area contributed by atoms with Crippen molar-refractivity contribution in [3.8, 4) is 0 Å². The van der Waals surface area contributed by atoms with Crippen molar-refractivity contribution < 1.29 is 8.78 Å². The Morgan fingerprint density at radius 2 is 1.63 bits per heavy atom. The summed E-state index contributed by atoms with van der Waals surface area (Å²) in [5.41, 5.74) is 1.18. The second-order valence-corrected chi connectivity index (χ2v) is 10.9. The zero-order valence-electron chi connectivity index (χ0n) is 17.0. The standard InChI is InChI=1S/C20H23F2I2N5O/c1-10-5-26-13(9-28(10)23)8-27(12-6-25(3)7-12)19-18(26)14-4-15(21)11(2)16(22)17(14)29(24)20(19)30/h4,10,12-13H,5-9H2,1-3H3. The van der Waals surface area contributed by atoms with Crippen LogP contribution in [-0.2, 0) is 0 Å². The van der Waals surface area contributed by atoms with Gasteiger partial charge in [0.1, 0.15) is 11.5 Å². The summed E-state index contributed by atoms with van der Waals surface area (Å²) in [5, 5.41) is 0.482. The summed E-state index contributed by atoms with van der Waals surface area (Å²) in [6.07, 6.45) is 0. The van der Waals surface area contributed by atoms with Gasteiger partial charge >= 0.3 is 0 Å². The number of rotatable bonds is 1. The highest BCUT2D eigenvalue weighted by molar-refractivity contribution is 14.1. The lowest BCUT2D eigenvalue weighted by atomic mass is 9.96. The number of hydrogen-bond acceptors (Lipinski definition) is 5. The molecule has 30 heavy (non-hydrogen) atoms. The van der Waals surface area contributed by atoms with Gasteiger partial charge in [0, 0.05) is 72.6 Å². The summed E-state index contributed by atoms with van der Waals surface area (Å²) >= 11 is 4.22. The number of anilines is 2. The SMILES string of the molecule is Cc1c(F)cc2c3c(c(=O)n(I)c2c1F)N(C1CN(C)C1)CC1CN(I)C(C)CN31. The normalized spacial score (nSPS) is 25.4. The van der Waals surface area contributed by atoms with Crippen molar-refractivity contribution in [1.82, 2.24) is 10.8 Å². The highest BCUT2D eigenvalue weighted by Crippen LogP contribution is 2.44. The van der Waals surface area contributed by atoms with Crippen molar-refractivity contribution >= 4 is 68.0 Å². The topological polar surface area (TPSA) is 35.0 Å². The summed E-state index contributed by atoms with van der Waals surface area (Å²) in [6.45, 7) is 7.62. The third kappa shape index (κ3) is 2.99. The van der Waals surface area contributed by atoms with Crippen molar-refractivity contribution in [3.63, 3.8) is 0 Å². The van der Waals surface area contributed by atoms with E-state index in [-0.39, 0.29) is 34.8 Å². The zero-order chi connectivity index (χ0) is 21.5. The molecule has 0 saturated carbocycles. The molecule has 0 N–H and O–H groups in total. The molecule has 6 nitrogen and oxygen atoms in total. The highest BCUT2D eigenvalue weighted by Gasteiger charge is 2.44. The summed E-state index contributed by atoms with van der Waals surface area (Å²) in [5.74, 6) is -1.23. The van der Waals surface area contributed by atoms with Crippen molar-refractivity contribution in [2.24, 2.45) is 0 Å². The second-order valence-electron chi connectivity index (χ2n) is 8.74. The van der Waals surface area contributed by atoms with Crippen molar-refractivity contribution in [1.29, 1.82) is 0 Å². The van der Waals surface area contributed by atoms with E-state index in [1.807, 2.05) is 22.9 Å². The number of pyridine rings is 1. The van der Waals surface area contributed by atoms with E-state index in [9.17, 15) is 9.18 Å². The van der Waals surface area contributed by atoms with Crippen LogP contribution in [0.1, 0.15) is 12.5 Å². The molecule has 4 heterocycles. The summed E-state index contributed by atoms with van der Waals surface area (Å²) in [6, 6.07) is 2.08. The average molecular weight is 641 g/mol. The second kappa shape index (κ2) is 7.41. The number of nitrogens with zero attached hydrogens (tertiary/aromatic N) is 5. The van der Waals surface area contributed by atoms with Crippen LogP contribution in [0.25, 0.3) is 10.9 Å². The predicted molar refractivity (Wildman–Crippen MR) is 132 cm³/mol. The van der Waals surface area contributed by atoms with Crippen LogP contribution >= 0.6 is 45.7 Å². The number of aromatic nitrogens is 1. The first-order valence-corrected chi connectivity index (χ1v) is 12.0. The average Bonchev–Trinajstić information content (AvgIpc) is 2.67. The molecule has 3 aliphatic rings. The van der Waals surface area contributed by atoms with Crippen molar-refractivity contribution in [2.75, 3.05) is 49.6 Å². The van der Waals surface area contributed by atoms with Gasteiger partial charge in [0.05, 0.1) is 46.2 Å². The van der Waals surface area contributed by atoms with E-state index in [1.54, 1.807) is 0 Å². The number of likely N-dealkylation sites (tertiary alicyclic amines) is 1. The minimum atomic E-state index is -0.656. The van der Waals surface area contributed by atoms with Crippen LogP contribution in [0.3, 0.4) is 0 Å². The Hall–Kier alpha value is -0.730. The van der Waals surface area contributed by atoms with Gasteiger partial charge in [-0.05, 0) is 27.0 Å². The molecule has 10 heteroatoms. The summed E-state index contributed by atoms with van der Waals surface area (Å²) < 4.78 is 33.5. The maximum absolute atomic E-state index is 15.2. The van der Waals surface area contributed by atoms with Crippen LogP contribution in [0.2, 0.25) is 0 Å². The Morgan fingerprint density at radius 3 is 2.30 bits per heavy atom. The third-order valence-corrected chi connectivity index (χ3v) is 8.98. The molecule has 0 spiro atoms. The van der Waals surface area contributed by atoms with Gasteiger partial charge in [0.15, 0.2) is 5.82 Å². The number of hydrogen-bond donors (Lipinski definition) is 0. The van der Waals surface area contributed by atoms with E-state index in [4.69, 9.17) is 0 Å². The molecule has 2 saturated heterocycles. The van der Waals surface area contributed by atoms with Crippen LogP contribution in [0.4, 0.5) is 20.2 Å². The van der Waals surface area contributed by atoms with E-state index >= 15 is 4.39 Å². The first-order valence-electron chi connectivity index (χ1n) is 10.1. The van der Waals surface area contributed by atoms with Gasteiger partial charge in [-0.15, -0.1) is 0 Å². The van der Waals surface area contributed by atoms with Crippen LogP contribution in [0.15, 0.2) is 10.9 Å². The molecule has 3 aliphatic heterocycles. The maximum Gasteiger partial charge on any atom is 0.285 e. The molecule has 0 amide bonds. The smallest absolute Gasteiger partial charge is 0.285 e. The van der Waals surface area contributed by atoms with Crippen LogP contribution in [0, 0.1) is 18.6 Å². The Labute approximate surface area is 201 Å². The lowest BCUT2D eigenvalue weighted by Crippen LogP contribution is -2.67. The fraction of sp³-hybridized carbons (Fsp3) is 0.550. The van der Waals surface area contributed by atoms with Crippen LogP contribution < -0.4 is 15.4 Å². The monoisotopic (exact) mass is 641 g/mol. The highest BCUT2D eigenvalue weighted by atomic mass is 127. The molecule has 2 fully saturated rings. The van der Waals surface area contributed by atoms with Gasteiger partial charge in [-0.25, -0.2) is 14.7 Å². The largest absolute Gasteiger partial charge is 0.361 e. The van der Waals surface area contributed by atoms with Crippen molar-refractivity contribution in [2.45, 2.75) is 32.0 Å². The molecule has 0 radical (unpaired) electrons. The quantitative estimate of drug-likeness (QED) is 0.354. The fourth-order valence-corrected chi connectivity index (χ4v) is 6.33. The minimum absolute atomic E-state index is 0.0532. The summed E-state index contributed by atoms with van der Waals surface area (Å²) in [7, 11) is 2.06. The fourth-order valence-electron chi connectivity index (χ4n) is 4.99.